The lowest BCUT2D eigenvalue weighted by Gasteiger charge is -2.27. The molecule has 0 heterocycles. The maximum Gasteiger partial charge on any atom is 0.220 e. The summed E-state index contributed by atoms with van der Waals surface area (Å²) in [6.07, 6.45) is 4.86. The molecule has 1 aromatic carbocycles. The lowest BCUT2D eigenvalue weighted by molar-refractivity contribution is -0.122. The third-order valence-corrected chi connectivity index (χ3v) is 4.14. The predicted octanol–water partition coefficient (Wildman–Crippen LogP) is 3.08. The minimum Gasteiger partial charge on any atom is -0.352 e. The normalized spacial score (nSPS) is 21.5. The van der Waals surface area contributed by atoms with Crippen LogP contribution in [0.4, 0.5) is 4.39 Å². The number of hydrogen-bond acceptors (Lipinski definition) is 2. The first-order valence-corrected chi connectivity index (χ1v) is 7.33. The Balaban J connectivity index is 0.00000220. The van der Waals surface area contributed by atoms with Gasteiger partial charge in [0.25, 0.3) is 0 Å². The van der Waals surface area contributed by atoms with Gasteiger partial charge in [0.05, 0.1) is 0 Å². The van der Waals surface area contributed by atoms with Crippen molar-refractivity contribution in [2.24, 2.45) is 11.7 Å². The van der Waals surface area contributed by atoms with Crippen LogP contribution in [-0.2, 0) is 11.3 Å². The van der Waals surface area contributed by atoms with Crippen molar-refractivity contribution in [3.8, 4) is 0 Å². The first-order valence-electron chi connectivity index (χ1n) is 7.33. The summed E-state index contributed by atoms with van der Waals surface area (Å²) in [6, 6.07) is 5.19. The van der Waals surface area contributed by atoms with Crippen LogP contribution in [0.2, 0.25) is 0 Å². The molecule has 3 N–H and O–H groups in total. The predicted molar refractivity (Wildman–Crippen MR) is 84.8 cm³/mol. The summed E-state index contributed by atoms with van der Waals surface area (Å²) < 4.78 is 13.4. The molecule has 1 aliphatic rings. The molecule has 2 rings (SSSR count). The van der Waals surface area contributed by atoms with Gasteiger partial charge in [-0.25, -0.2) is 4.39 Å². The molecule has 1 fully saturated rings. The van der Waals surface area contributed by atoms with E-state index in [-0.39, 0.29) is 30.2 Å². The second kappa shape index (κ2) is 8.35. The van der Waals surface area contributed by atoms with Crippen LogP contribution in [0.1, 0.15) is 43.2 Å². The molecule has 1 aliphatic carbocycles. The Morgan fingerprint density at radius 3 is 2.76 bits per heavy atom. The number of nitrogens with two attached hydrogens (primary N) is 1. The summed E-state index contributed by atoms with van der Waals surface area (Å²) in [7, 11) is 0. The highest BCUT2D eigenvalue weighted by Crippen LogP contribution is 2.25. The van der Waals surface area contributed by atoms with Gasteiger partial charge in [-0.3, -0.25) is 4.79 Å². The van der Waals surface area contributed by atoms with Gasteiger partial charge in [-0.1, -0.05) is 25.0 Å². The van der Waals surface area contributed by atoms with E-state index >= 15 is 0 Å². The number of carbonyl (C=O) groups is 1. The third kappa shape index (κ3) is 5.29. The zero-order chi connectivity index (χ0) is 14.5. The monoisotopic (exact) mass is 314 g/mol. The van der Waals surface area contributed by atoms with Crippen LogP contribution in [-0.4, -0.2) is 11.9 Å². The summed E-state index contributed by atoms with van der Waals surface area (Å²) in [5.41, 5.74) is 7.45. The van der Waals surface area contributed by atoms with E-state index in [1.54, 1.807) is 13.0 Å². The SMILES string of the molecule is Cc1ccc(CNC(=O)CC2CCCCC2N)cc1F.Cl. The summed E-state index contributed by atoms with van der Waals surface area (Å²) in [5.74, 6) is 0.0675. The van der Waals surface area contributed by atoms with Crippen molar-refractivity contribution in [1.29, 1.82) is 0 Å². The Bertz CT molecular complexity index is 481. The fourth-order valence-electron chi connectivity index (χ4n) is 2.75. The van der Waals surface area contributed by atoms with Crippen LogP contribution in [0, 0.1) is 18.7 Å². The van der Waals surface area contributed by atoms with E-state index in [0.29, 0.717) is 24.4 Å². The number of amides is 1. The van der Waals surface area contributed by atoms with E-state index in [4.69, 9.17) is 5.73 Å². The number of rotatable bonds is 4. The van der Waals surface area contributed by atoms with Crippen LogP contribution in [0.15, 0.2) is 18.2 Å². The second-order valence-corrected chi connectivity index (χ2v) is 5.77. The highest BCUT2D eigenvalue weighted by molar-refractivity contribution is 5.85. The second-order valence-electron chi connectivity index (χ2n) is 5.77. The molecule has 0 aliphatic heterocycles. The molecule has 5 heteroatoms. The zero-order valence-corrected chi connectivity index (χ0v) is 13.2. The smallest absolute Gasteiger partial charge is 0.220 e. The van der Waals surface area contributed by atoms with Crippen molar-refractivity contribution in [1.82, 2.24) is 5.32 Å². The molecule has 118 valence electrons. The Morgan fingerprint density at radius 2 is 2.10 bits per heavy atom. The van der Waals surface area contributed by atoms with Crippen LogP contribution in [0.3, 0.4) is 0 Å². The van der Waals surface area contributed by atoms with Crippen molar-refractivity contribution in [3.63, 3.8) is 0 Å². The fourth-order valence-corrected chi connectivity index (χ4v) is 2.75. The topological polar surface area (TPSA) is 55.1 Å². The first kappa shape index (κ1) is 17.9. The number of hydrogen-bond donors (Lipinski definition) is 2. The quantitative estimate of drug-likeness (QED) is 0.897. The highest BCUT2D eigenvalue weighted by Gasteiger charge is 2.23. The van der Waals surface area contributed by atoms with Gasteiger partial charge in [0.1, 0.15) is 5.82 Å². The van der Waals surface area contributed by atoms with Crippen molar-refractivity contribution < 1.29 is 9.18 Å². The summed E-state index contributed by atoms with van der Waals surface area (Å²) in [6.45, 7) is 2.10. The molecule has 0 spiro atoms. The Kier molecular flexibility index (Phi) is 7.12. The lowest BCUT2D eigenvalue weighted by Crippen LogP contribution is -2.37. The van der Waals surface area contributed by atoms with Gasteiger partial charge >= 0.3 is 0 Å². The Hall–Kier alpha value is -1.13. The summed E-state index contributed by atoms with van der Waals surface area (Å²) in [5, 5.41) is 2.85. The van der Waals surface area contributed by atoms with Crippen LogP contribution >= 0.6 is 12.4 Å². The van der Waals surface area contributed by atoms with Gasteiger partial charge in [-0.05, 0) is 42.9 Å². The molecule has 2 atom stereocenters. The summed E-state index contributed by atoms with van der Waals surface area (Å²) >= 11 is 0. The molecule has 1 amide bonds. The molecule has 1 saturated carbocycles. The molecular formula is C16H24ClFN2O. The number of aryl methyl sites for hydroxylation is 1. The van der Waals surface area contributed by atoms with Gasteiger partial charge < -0.3 is 11.1 Å². The van der Waals surface area contributed by atoms with Crippen LogP contribution < -0.4 is 11.1 Å². The standard InChI is InChI=1S/C16H23FN2O.ClH/c1-11-6-7-12(8-14(11)17)10-19-16(20)9-13-4-2-3-5-15(13)18;/h6-8,13,15H,2-5,9-10,18H2,1H3,(H,19,20);1H. The molecule has 0 bridgehead atoms. The largest absolute Gasteiger partial charge is 0.352 e. The zero-order valence-electron chi connectivity index (χ0n) is 12.4. The van der Waals surface area contributed by atoms with Gasteiger partial charge in [0.2, 0.25) is 5.91 Å². The van der Waals surface area contributed by atoms with E-state index in [1.165, 1.54) is 12.5 Å². The molecular weight excluding hydrogens is 291 g/mol. The number of carbonyl (C=O) groups excluding carboxylic acids is 1. The fraction of sp³-hybridized carbons (Fsp3) is 0.562. The summed E-state index contributed by atoms with van der Waals surface area (Å²) in [4.78, 5) is 11.9. The number of benzene rings is 1. The van der Waals surface area contributed by atoms with Gasteiger partial charge in [0.15, 0.2) is 0 Å². The van der Waals surface area contributed by atoms with Crippen LogP contribution in [0.25, 0.3) is 0 Å². The van der Waals surface area contributed by atoms with Crippen LogP contribution in [0.5, 0.6) is 0 Å². The van der Waals surface area contributed by atoms with Gasteiger partial charge in [-0.15, -0.1) is 12.4 Å². The molecule has 21 heavy (non-hydrogen) atoms. The molecule has 2 unspecified atom stereocenters. The van der Waals surface area contributed by atoms with E-state index < -0.39 is 0 Å². The maximum absolute atomic E-state index is 13.4. The van der Waals surface area contributed by atoms with E-state index in [9.17, 15) is 9.18 Å². The van der Waals surface area contributed by atoms with Gasteiger partial charge in [-0.2, -0.15) is 0 Å². The van der Waals surface area contributed by atoms with Crippen molar-refractivity contribution >= 4 is 18.3 Å². The van der Waals surface area contributed by atoms with E-state index in [2.05, 4.69) is 5.32 Å². The molecule has 0 radical (unpaired) electrons. The lowest BCUT2D eigenvalue weighted by atomic mass is 9.83. The van der Waals surface area contributed by atoms with E-state index in [1.807, 2.05) is 6.07 Å². The maximum atomic E-state index is 13.4. The average molecular weight is 315 g/mol. The third-order valence-electron chi connectivity index (χ3n) is 4.14. The van der Waals surface area contributed by atoms with E-state index in [0.717, 1.165) is 24.8 Å². The number of halogens is 2. The highest BCUT2D eigenvalue weighted by atomic mass is 35.5. The van der Waals surface area contributed by atoms with Crippen molar-refractivity contribution in [3.05, 3.63) is 35.1 Å². The first-order chi connectivity index (χ1) is 9.56. The molecule has 0 aromatic heterocycles. The molecule has 3 nitrogen and oxygen atoms in total. The minimum absolute atomic E-state index is 0. The Labute approximate surface area is 131 Å². The average Bonchev–Trinajstić information content (AvgIpc) is 2.43. The minimum atomic E-state index is -0.231. The van der Waals surface area contributed by atoms with Gasteiger partial charge in [0, 0.05) is 19.0 Å². The Morgan fingerprint density at radius 1 is 1.38 bits per heavy atom. The number of nitrogens with one attached hydrogen (secondary N) is 1. The molecule has 0 saturated heterocycles. The molecule has 1 aromatic rings. The van der Waals surface area contributed by atoms with Crippen molar-refractivity contribution in [2.75, 3.05) is 0 Å². The van der Waals surface area contributed by atoms with Crippen molar-refractivity contribution in [2.45, 2.75) is 51.6 Å².